The third-order valence-electron chi connectivity index (χ3n) is 4.53. The number of nitrogens with zero attached hydrogens (tertiary/aromatic N) is 1. The molecule has 0 spiro atoms. The van der Waals surface area contributed by atoms with Crippen LogP contribution in [0.1, 0.15) is 47.0 Å². The highest BCUT2D eigenvalue weighted by atomic mass is 16.5. The van der Waals surface area contributed by atoms with Crippen molar-refractivity contribution in [1.29, 1.82) is 0 Å². The maximum atomic E-state index is 11.6. The van der Waals surface area contributed by atoms with Crippen molar-refractivity contribution in [3.63, 3.8) is 0 Å². The summed E-state index contributed by atoms with van der Waals surface area (Å²) in [6, 6.07) is 0.445. The molecule has 19 heavy (non-hydrogen) atoms. The fourth-order valence-electron chi connectivity index (χ4n) is 3.72. The molecule has 1 atom stereocenters. The van der Waals surface area contributed by atoms with Crippen molar-refractivity contribution < 1.29 is 14.3 Å². The first kappa shape index (κ1) is 14.8. The van der Waals surface area contributed by atoms with Crippen LogP contribution in [-0.2, 0) is 14.3 Å². The van der Waals surface area contributed by atoms with Crippen LogP contribution in [0.15, 0.2) is 0 Å². The van der Waals surface area contributed by atoms with Gasteiger partial charge in [0.1, 0.15) is 0 Å². The molecule has 0 aromatic rings. The lowest BCUT2D eigenvalue weighted by molar-refractivity contribution is -0.147. The highest BCUT2D eigenvalue weighted by molar-refractivity contribution is 5.72. The Hall–Kier alpha value is -0.610. The molecule has 0 radical (unpaired) electrons. The van der Waals surface area contributed by atoms with Crippen LogP contribution in [0.3, 0.4) is 0 Å². The molecule has 2 rings (SSSR count). The summed E-state index contributed by atoms with van der Waals surface area (Å²) < 4.78 is 11.0. The van der Waals surface area contributed by atoms with Crippen molar-refractivity contribution in [2.24, 2.45) is 5.92 Å². The van der Waals surface area contributed by atoms with Gasteiger partial charge in [0.15, 0.2) is 0 Å². The second-order valence-corrected chi connectivity index (χ2v) is 7.02. The van der Waals surface area contributed by atoms with E-state index >= 15 is 0 Å². The van der Waals surface area contributed by atoms with Gasteiger partial charge in [-0.15, -0.1) is 0 Å². The van der Waals surface area contributed by atoms with Crippen LogP contribution in [0.5, 0.6) is 0 Å². The molecule has 4 nitrogen and oxygen atoms in total. The quantitative estimate of drug-likeness (QED) is 0.721. The molecule has 2 saturated heterocycles. The van der Waals surface area contributed by atoms with E-state index in [-0.39, 0.29) is 23.1 Å². The van der Waals surface area contributed by atoms with Gasteiger partial charge in [-0.1, -0.05) is 0 Å². The first-order valence-corrected chi connectivity index (χ1v) is 7.27. The lowest BCUT2D eigenvalue weighted by atomic mass is 9.89. The summed E-state index contributed by atoms with van der Waals surface area (Å²) in [5.74, 6) is 0.0293. The maximum Gasteiger partial charge on any atom is 0.308 e. The van der Waals surface area contributed by atoms with Gasteiger partial charge in [-0.05, 0) is 60.0 Å². The van der Waals surface area contributed by atoms with Gasteiger partial charge in [0.05, 0.1) is 24.2 Å². The SMILES string of the molecule is COC(=O)C1CCN(C2CC(C)(C)OC2(C)C)CC1. The molecule has 0 saturated carbocycles. The topological polar surface area (TPSA) is 38.8 Å². The molecule has 2 aliphatic heterocycles. The van der Waals surface area contributed by atoms with Gasteiger partial charge in [-0.3, -0.25) is 9.69 Å². The van der Waals surface area contributed by atoms with Crippen molar-refractivity contribution in [2.45, 2.75) is 64.2 Å². The van der Waals surface area contributed by atoms with E-state index in [0.717, 1.165) is 32.4 Å². The molecule has 110 valence electrons. The largest absolute Gasteiger partial charge is 0.469 e. The van der Waals surface area contributed by atoms with Crippen molar-refractivity contribution >= 4 is 5.97 Å². The van der Waals surface area contributed by atoms with Gasteiger partial charge in [0.2, 0.25) is 0 Å². The van der Waals surface area contributed by atoms with Crippen LogP contribution >= 0.6 is 0 Å². The second kappa shape index (κ2) is 5.06. The number of hydrogen-bond acceptors (Lipinski definition) is 4. The molecule has 0 bridgehead atoms. The minimum absolute atomic E-state index is 0.0482. The van der Waals surface area contributed by atoms with E-state index in [4.69, 9.17) is 9.47 Å². The van der Waals surface area contributed by atoms with Gasteiger partial charge < -0.3 is 9.47 Å². The molecule has 4 heteroatoms. The molecule has 2 heterocycles. The van der Waals surface area contributed by atoms with E-state index in [0.29, 0.717) is 6.04 Å². The Kier molecular flexibility index (Phi) is 3.94. The lowest BCUT2D eigenvalue weighted by Crippen LogP contribution is -2.50. The summed E-state index contributed by atoms with van der Waals surface area (Å²) in [4.78, 5) is 14.1. The Morgan fingerprint density at radius 1 is 1.21 bits per heavy atom. The molecule has 0 aromatic heterocycles. The predicted molar refractivity (Wildman–Crippen MR) is 74.0 cm³/mol. The number of carbonyl (C=O) groups excluding carboxylic acids is 1. The summed E-state index contributed by atoms with van der Waals surface area (Å²) in [6.45, 7) is 10.6. The van der Waals surface area contributed by atoms with Crippen LogP contribution in [0.4, 0.5) is 0 Å². The Morgan fingerprint density at radius 3 is 2.21 bits per heavy atom. The van der Waals surface area contributed by atoms with Crippen LogP contribution in [0, 0.1) is 5.92 Å². The molecule has 2 fully saturated rings. The van der Waals surface area contributed by atoms with Crippen LogP contribution < -0.4 is 0 Å². The second-order valence-electron chi connectivity index (χ2n) is 7.02. The van der Waals surface area contributed by atoms with E-state index in [1.54, 1.807) is 0 Å². The molecule has 2 aliphatic rings. The molecule has 0 amide bonds. The van der Waals surface area contributed by atoms with E-state index in [1.165, 1.54) is 7.11 Å². The van der Waals surface area contributed by atoms with Gasteiger partial charge in [0, 0.05) is 6.04 Å². The van der Waals surface area contributed by atoms with Gasteiger partial charge in [-0.25, -0.2) is 0 Å². The number of likely N-dealkylation sites (tertiary alicyclic amines) is 1. The third-order valence-corrected chi connectivity index (χ3v) is 4.53. The molecule has 0 N–H and O–H groups in total. The Bertz CT molecular complexity index is 343. The smallest absolute Gasteiger partial charge is 0.308 e. The Morgan fingerprint density at radius 2 is 1.79 bits per heavy atom. The van der Waals surface area contributed by atoms with Crippen LogP contribution in [0.25, 0.3) is 0 Å². The summed E-state index contributed by atoms with van der Waals surface area (Å²) in [6.07, 6.45) is 2.86. The standard InChI is InChI=1S/C15H27NO3/c1-14(2)10-12(15(3,4)19-14)16-8-6-11(7-9-16)13(17)18-5/h11-12H,6-10H2,1-5H3. The zero-order valence-corrected chi connectivity index (χ0v) is 12.9. The van der Waals surface area contributed by atoms with Crippen molar-refractivity contribution in [2.75, 3.05) is 20.2 Å². The highest BCUT2D eigenvalue weighted by Crippen LogP contribution is 2.41. The van der Waals surface area contributed by atoms with Crippen LogP contribution in [-0.4, -0.2) is 48.3 Å². The number of ether oxygens (including phenoxy) is 2. The predicted octanol–water partition coefficient (Wildman–Crippen LogP) is 2.22. The van der Waals surface area contributed by atoms with Crippen molar-refractivity contribution in [1.82, 2.24) is 4.90 Å². The number of hydrogen-bond donors (Lipinski definition) is 0. The molecule has 0 aromatic carbocycles. The number of rotatable bonds is 2. The molecular formula is C15H27NO3. The average Bonchev–Trinajstić information content (AvgIpc) is 2.56. The minimum atomic E-state index is -0.110. The molecule has 0 aliphatic carbocycles. The number of carbonyl (C=O) groups is 1. The zero-order chi connectivity index (χ0) is 14.3. The van der Waals surface area contributed by atoms with Gasteiger partial charge in [0.25, 0.3) is 0 Å². The van der Waals surface area contributed by atoms with E-state index in [9.17, 15) is 4.79 Å². The Balaban J connectivity index is 1.96. The number of piperidine rings is 1. The van der Waals surface area contributed by atoms with E-state index < -0.39 is 0 Å². The first-order chi connectivity index (χ1) is 8.75. The minimum Gasteiger partial charge on any atom is -0.469 e. The highest BCUT2D eigenvalue weighted by Gasteiger charge is 2.48. The molecular weight excluding hydrogens is 242 g/mol. The fraction of sp³-hybridized carbons (Fsp3) is 0.933. The third kappa shape index (κ3) is 3.11. The van der Waals surface area contributed by atoms with Crippen molar-refractivity contribution in [3.8, 4) is 0 Å². The van der Waals surface area contributed by atoms with E-state index in [1.807, 2.05) is 0 Å². The first-order valence-electron chi connectivity index (χ1n) is 7.27. The summed E-state index contributed by atoms with van der Waals surface area (Å²) in [5, 5.41) is 0. The van der Waals surface area contributed by atoms with Crippen molar-refractivity contribution in [3.05, 3.63) is 0 Å². The normalized spacial score (nSPS) is 31.3. The summed E-state index contributed by atoms with van der Waals surface area (Å²) >= 11 is 0. The zero-order valence-electron chi connectivity index (χ0n) is 12.9. The lowest BCUT2D eigenvalue weighted by Gasteiger charge is -2.40. The van der Waals surface area contributed by atoms with Gasteiger partial charge >= 0.3 is 5.97 Å². The summed E-state index contributed by atoms with van der Waals surface area (Å²) in [7, 11) is 1.48. The fourth-order valence-corrected chi connectivity index (χ4v) is 3.72. The monoisotopic (exact) mass is 269 g/mol. The Labute approximate surface area is 116 Å². The van der Waals surface area contributed by atoms with E-state index in [2.05, 4.69) is 32.6 Å². The maximum absolute atomic E-state index is 11.6. The average molecular weight is 269 g/mol. The van der Waals surface area contributed by atoms with Gasteiger partial charge in [-0.2, -0.15) is 0 Å². The summed E-state index contributed by atoms with van der Waals surface area (Å²) in [5.41, 5.74) is -0.158. The van der Waals surface area contributed by atoms with Crippen LogP contribution in [0.2, 0.25) is 0 Å². The number of esters is 1. The number of methoxy groups -OCH3 is 1. The molecule has 1 unspecified atom stereocenters.